The van der Waals surface area contributed by atoms with Gasteiger partial charge in [-0.15, -0.1) is 0 Å². The van der Waals surface area contributed by atoms with Gasteiger partial charge in [-0.1, -0.05) is 6.92 Å². The summed E-state index contributed by atoms with van der Waals surface area (Å²) in [6.45, 7) is 4.15. The third-order valence-electron chi connectivity index (χ3n) is 2.54. The fourth-order valence-electron chi connectivity index (χ4n) is 1.51. The lowest BCUT2D eigenvalue weighted by molar-refractivity contribution is 0.278. The number of nitrogens with one attached hydrogen (secondary N) is 1. The molecule has 0 saturated carbocycles. The van der Waals surface area contributed by atoms with Crippen molar-refractivity contribution < 1.29 is 9.84 Å². The number of aliphatic hydroxyl groups excluding tert-OH is 1. The molecule has 1 rings (SSSR count). The highest BCUT2D eigenvalue weighted by Crippen LogP contribution is 2.21. The van der Waals surface area contributed by atoms with Gasteiger partial charge in [0.05, 0.1) is 12.7 Å². The lowest BCUT2D eigenvalue weighted by Crippen LogP contribution is -2.21. The number of anilines is 1. The maximum atomic E-state index is 8.92. The Morgan fingerprint density at radius 2 is 2.25 bits per heavy atom. The number of aromatic nitrogens is 2. The second-order valence-corrected chi connectivity index (χ2v) is 3.62. The van der Waals surface area contributed by atoms with E-state index < -0.39 is 0 Å². The zero-order valence-electron chi connectivity index (χ0n) is 10.0. The van der Waals surface area contributed by atoms with Crippen molar-refractivity contribution in [1.29, 1.82) is 0 Å². The van der Waals surface area contributed by atoms with Crippen molar-refractivity contribution in [2.24, 2.45) is 0 Å². The summed E-state index contributed by atoms with van der Waals surface area (Å²) in [6, 6.07) is 0.225. The van der Waals surface area contributed by atoms with E-state index in [4.69, 9.17) is 9.84 Å². The molecular formula is C11H19N3O2. The predicted octanol–water partition coefficient (Wildman–Crippen LogP) is 1.37. The van der Waals surface area contributed by atoms with Gasteiger partial charge in [0, 0.05) is 12.6 Å². The third kappa shape index (κ3) is 3.06. The van der Waals surface area contributed by atoms with Crippen molar-refractivity contribution in [2.75, 3.05) is 19.0 Å². The van der Waals surface area contributed by atoms with Crippen LogP contribution in [0.2, 0.25) is 0 Å². The van der Waals surface area contributed by atoms with Crippen LogP contribution in [-0.2, 0) is 0 Å². The fraction of sp³-hybridized carbons (Fsp3) is 0.636. The summed E-state index contributed by atoms with van der Waals surface area (Å²) in [5.74, 6) is 1.35. The van der Waals surface area contributed by atoms with Crippen molar-refractivity contribution in [3.8, 4) is 5.88 Å². The highest BCUT2D eigenvalue weighted by Gasteiger charge is 2.11. The summed E-state index contributed by atoms with van der Waals surface area (Å²) in [4.78, 5) is 8.19. The summed E-state index contributed by atoms with van der Waals surface area (Å²) in [5, 5.41) is 12.2. The number of aliphatic hydroxyl groups is 1. The molecule has 0 spiro atoms. The maximum absolute atomic E-state index is 8.92. The Balaban J connectivity index is 2.79. The van der Waals surface area contributed by atoms with E-state index in [0.29, 0.717) is 12.3 Å². The lowest BCUT2D eigenvalue weighted by atomic mass is 10.1. The number of ether oxygens (including phenoxy) is 1. The largest absolute Gasteiger partial charge is 0.481 e. The number of rotatable bonds is 6. The van der Waals surface area contributed by atoms with Crippen molar-refractivity contribution >= 4 is 5.82 Å². The zero-order valence-corrected chi connectivity index (χ0v) is 10.0. The maximum Gasteiger partial charge on any atom is 0.221 e. The molecule has 2 N–H and O–H groups in total. The van der Waals surface area contributed by atoms with Crippen LogP contribution >= 0.6 is 0 Å². The van der Waals surface area contributed by atoms with Crippen molar-refractivity contribution in [3.63, 3.8) is 0 Å². The summed E-state index contributed by atoms with van der Waals surface area (Å²) in [7, 11) is 1.59. The zero-order chi connectivity index (χ0) is 12.0. The topological polar surface area (TPSA) is 67.3 Å². The molecule has 0 bridgehead atoms. The van der Waals surface area contributed by atoms with Gasteiger partial charge in [0.2, 0.25) is 5.88 Å². The molecule has 1 unspecified atom stereocenters. The highest BCUT2D eigenvalue weighted by atomic mass is 16.5. The third-order valence-corrected chi connectivity index (χ3v) is 2.54. The first-order valence-electron chi connectivity index (χ1n) is 5.45. The minimum atomic E-state index is 0.173. The van der Waals surface area contributed by atoms with E-state index in [0.717, 1.165) is 17.8 Å². The number of hydrogen-bond donors (Lipinski definition) is 2. The number of nitrogens with zero attached hydrogens (tertiary/aromatic N) is 2. The van der Waals surface area contributed by atoms with Crippen LogP contribution in [0, 0.1) is 6.92 Å². The molecule has 0 aliphatic heterocycles. The van der Waals surface area contributed by atoms with Gasteiger partial charge in [-0.25, -0.2) is 9.97 Å². The van der Waals surface area contributed by atoms with Crippen LogP contribution in [0.5, 0.6) is 5.88 Å². The Labute approximate surface area is 95.9 Å². The molecule has 0 fully saturated rings. The molecule has 0 amide bonds. The highest BCUT2D eigenvalue weighted by molar-refractivity contribution is 5.48. The summed E-state index contributed by atoms with van der Waals surface area (Å²) < 4.78 is 5.12. The normalized spacial score (nSPS) is 12.2. The SMILES string of the molecule is CCC(CCO)Nc1ncnc(OC)c1C. The second-order valence-electron chi connectivity index (χ2n) is 3.62. The summed E-state index contributed by atoms with van der Waals surface area (Å²) in [6.07, 6.45) is 3.12. The molecular weight excluding hydrogens is 206 g/mol. The molecule has 0 radical (unpaired) electrons. The van der Waals surface area contributed by atoms with E-state index in [9.17, 15) is 0 Å². The van der Waals surface area contributed by atoms with Gasteiger partial charge in [0.25, 0.3) is 0 Å². The molecule has 0 aromatic carbocycles. The average molecular weight is 225 g/mol. The molecule has 1 aromatic rings. The van der Waals surface area contributed by atoms with Gasteiger partial charge in [0.15, 0.2) is 0 Å². The molecule has 0 aliphatic rings. The molecule has 0 saturated heterocycles. The lowest BCUT2D eigenvalue weighted by Gasteiger charge is -2.18. The van der Waals surface area contributed by atoms with Gasteiger partial charge in [-0.3, -0.25) is 0 Å². The van der Waals surface area contributed by atoms with E-state index in [2.05, 4.69) is 22.2 Å². The first-order chi connectivity index (χ1) is 7.72. The van der Waals surface area contributed by atoms with Crippen LogP contribution < -0.4 is 10.1 Å². The van der Waals surface area contributed by atoms with Gasteiger partial charge in [0.1, 0.15) is 12.1 Å². The van der Waals surface area contributed by atoms with Crippen LogP contribution in [0.25, 0.3) is 0 Å². The minimum Gasteiger partial charge on any atom is -0.481 e. The van der Waals surface area contributed by atoms with E-state index in [1.165, 1.54) is 6.33 Å². The van der Waals surface area contributed by atoms with Gasteiger partial charge in [-0.2, -0.15) is 0 Å². The Hall–Kier alpha value is -1.36. The van der Waals surface area contributed by atoms with Crippen molar-refractivity contribution in [3.05, 3.63) is 11.9 Å². The minimum absolute atomic E-state index is 0.173. The van der Waals surface area contributed by atoms with Crippen LogP contribution in [0.3, 0.4) is 0 Å². The van der Waals surface area contributed by atoms with Gasteiger partial charge in [-0.05, 0) is 19.8 Å². The molecule has 1 atom stereocenters. The van der Waals surface area contributed by atoms with E-state index in [-0.39, 0.29) is 12.6 Å². The predicted molar refractivity (Wildman–Crippen MR) is 62.7 cm³/mol. The molecule has 5 heteroatoms. The van der Waals surface area contributed by atoms with E-state index in [1.54, 1.807) is 7.11 Å². The van der Waals surface area contributed by atoms with E-state index in [1.807, 2.05) is 6.92 Å². The molecule has 90 valence electrons. The first-order valence-corrected chi connectivity index (χ1v) is 5.45. The molecule has 0 aliphatic carbocycles. The van der Waals surface area contributed by atoms with Gasteiger partial charge >= 0.3 is 0 Å². The summed E-state index contributed by atoms with van der Waals surface area (Å²) in [5.41, 5.74) is 0.890. The average Bonchev–Trinajstić information content (AvgIpc) is 2.31. The van der Waals surface area contributed by atoms with Crippen LogP contribution in [0.15, 0.2) is 6.33 Å². The van der Waals surface area contributed by atoms with Crippen LogP contribution in [0.1, 0.15) is 25.3 Å². The fourth-order valence-corrected chi connectivity index (χ4v) is 1.51. The van der Waals surface area contributed by atoms with Crippen molar-refractivity contribution in [1.82, 2.24) is 9.97 Å². The number of methoxy groups -OCH3 is 1. The molecule has 1 heterocycles. The number of hydrogen-bond acceptors (Lipinski definition) is 5. The molecule has 1 aromatic heterocycles. The first kappa shape index (κ1) is 12.7. The Bertz CT molecular complexity index is 331. The monoisotopic (exact) mass is 225 g/mol. The smallest absolute Gasteiger partial charge is 0.221 e. The quantitative estimate of drug-likeness (QED) is 0.765. The van der Waals surface area contributed by atoms with Crippen LogP contribution in [0.4, 0.5) is 5.82 Å². The Morgan fingerprint density at radius 1 is 1.50 bits per heavy atom. The Morgan fingerprint density at radius 3 is 2.81 bits per heavy atom. The van der Waals surface area contributed by atoms with Crippen LogP contribution in [-0.4, -0.2) is 34.8 Å². The van der Waals surface area contributed by atoms with Crippen molar-refractivity contribution in [2.45, 2.75) is 32.7 Å². The summed E-state index contributed by atoms with van der Waals surface area (Å²) >= 11 is 0. The molecule has 16 heavy (non-hydrogen) atoms. The van der Waals surface area contributed by atoms with E-state index >= 15 is 0 Å². The second kappa shape index (κ2) is 6.27. The molecule has 5 nitrogen and oxygen atoms in total. The standard InChI is InChI=1S/C11H19N3O2/c1-4-9(5-6-15)14-10-8(2)11(16-3)13-7-12-10/h7,9,15H,4-6H2,1-3H3,(H,12,13,14). The van der Waals surface area contributed by atoms with Gasteiger partial charge < -0.3 is 15.2 Å². The Kier molecular flexibility index (Phi) is 4.98.